The Morgan fingerprint density at radius 1 is 0.489 bits per heavy atom. The van der Waals surface area contributed by atoms with E-state index in [1.165, 1.54) is 0 Å². The van der Waals surface area contributed by atoms with Crippen LogP contribution >= 0.6 is 22.8 Å². The number of aliphatic carboxylic acids is 3. The molecule has 0 amide bonds. The van der Waals surface area contributed by atoms with E-state index in [4.69, 9.17) is 27.8 Å². The first kappa shape index (κ1) is 41.8. The first-order chi connectivity index (χ1) is 20.9. The van der Waals surface area contributed by atoms with Gasteiger partial charge in [0.25, 0.3) is 0 Å². The van der Waals surface area contributed by atoms with Crippen molar-refractivity contribution >= 4 is 40.7 Å². The van der Waals surface area contributed by atoms with Crippen LogP contribution in [0.2, 0.25) is 0 Å². The molecule has 1 aliphatic rings. The lowest BCUT2D eigenvalue weighted by Gasteiger charge is -2.50. The van der Waals surface area contributed by atoms with Crippen molar-refractivity contribution in [3.05, 3.63) is 0 Å². The molecule has 0 bridgehead atoms. The molecule has 0 saturated heterocycles. The third kappa shape index (κ3) is 15.5. The standard InChI is InChI=1S/C24H45O18P3/c1-4-7-10-37-19-20(38-11-8-5-2)22(40-43(31,32)13-16(25)26)24(42-45(35,36)15-18(29)30)23(21(19)39-12-9-6-3)41-44(33,34)14-17(27)28/h19-24H,4-15H2,1-3H3,(H,25,26)(H,27,28)(H,29,30)(H,31,32)(H,33,34)(H,35,36)/t19?,20-,21+,22-,23-,24?/m0/s1. The molecule has 264 valence electrons. The largest absolute Gasteiger partial charge is 0.481 e. The number of unbranched alkanes of at least 4 members (excludes halogenated alkanes) is 3. The van der Waals surface area contributed by atoms with E-state index in [1.54, 1.807) is 0 Å². The molecule has 9 atom stereocenters. The Morgan fingerprint density at radius 2 is 0.711 bits per heavy atom. The zero-order valence-corrected chi connectivity index (χ0v) is 28.1. The quantitative estimate of drug-likeness (QED) is 0.0618. The highest BCUT2D eigenvalue weighted by atomic mass is 31.2. The molecule has 0 radical (unpaired) electrons. The second-order valence-corrected chi connectivity index (χ2v) is 15.8. The Kier molecular flexibility index (Phi) is 18.1. The van der Waals surface area contributed by atoms with Crippen LogP contribution in [0, 0.1) is 0 Å². The zero-order valence-electron chi connectivity index (χ0n) is 25.4. The van der Waals surface area contributed by atoms with Gasteiger partial charge in [0.05, 0.1) is 0 Å². The highest BCUT2D eigenvalue weighted by molar-refractivity contribution is 7.54. The molecule has 6 N–H and O–H groups in total. The monoisotopic (exact) mass is 714 g/mol. The minimum absolute atomic E-state index is 0.0166. The molecular formula is C24H45O18P3. The van der Waals surface area contributed by atoms with E-state index in [2.05, 4.69) is 0 Å². The molecule has 18 nitrogen and oxygen atoms in total. The fraction of sp³-hybridized carbons (Fsp3) is 0.875. The van der Waals surface area contributed by atoms with Gasteiger partial charge >= 0.3 is 40.7 Å². The summed E-state index contributed by atoms with van der Waals surface area (Å²) < 4.78 is 72.8. The lowest BCUT2D eigenvalue weighted by Crippen LogP contribution is -2.67. The van der Waals surface area contributed by atoms with E-state index in [9.17, 15) is 58.1 Å². The third-order valence-electron chi connectivity index (χ3n) is 6.23. The maximum atomic E-state index is 13.0. The molecule has 0 heterocycles. The van der Waals surface area contributed by atoms with Gasteiger partial charge in [0, 0.05) is 19.8 Å². The lowest BCUT2D eigenvalue weighted by atomic mass is 9.84. The second-order valence-electron chi connectivity index (χ2n) is 10.3. The zero-order chi connectivity index (χ0) is 34.4. The average Bonchev–Trinajstić information content (AvgIpc) is 2.86. The molecule has 0 spiro atoms. The Morgan fingerprint density at radius 3 is 0.933 bits per heavy atom. The van der Waals surface area contributed by atoms with Crippen molar-refractivity contribution in [3.8, 4) is 0 Å². The predicted octanol–water partition coefficient (Wildman–Crippen LogP) is 2.52. The Hall–Kier alpha value is -1.26. The van der Waals surface area contributed by atoms with Crippen molar-refractivity contribution in [2.45, 2.75) is 95.9 Å². The predicted molar refractivity (Wildman–Crippen MR) is 156 cm³/mol. The lowest BCUT2D eigenvalue weighted by molar-refractivity contribution is -0.244. The van der Waals surface area contributed by atoms with Crippen LogP contribution in [-0.4, -0.2) is 123 Å². The minimum Gasteiger partial charge on any atom is -0.481 e. The van der Waals surface area contributed by atoms with E-state index >= 15 is 0 Å². The third-order valence-corrected chi connectivity index (χ3v) is 9.96. The molecule has 0 aromatic carbocycles. The normalized spacial score (nSPS) is 27.6. The number of ether oxygens (including phenoxy) is 3. The minimum atomic E-state index is -5.23. The molecule has 0 aromatic heterocycles. The maximum absolute atomic E-state index is 13.0. The van der Waals surface area contributed by atoms with Gasteiger partial charge in [-0.2, -0.15) is 0 Å². The maximum Gasteiger partial charge on any atom is 0.339 e. The number of hydrogen-bond acceptors (Lipinski definition) is 12. The van der Waals surface area contributed by atoms with Gasteiger partial charge in [0.2, 0.25) is 0 Å². The number of carbonyl (C=O) groups is 3. The highest BCUT2D eigenvalue weighted by Gasteiger charge is 2.59. The van der Waals surface area contributed by atoms with Gasteiger partial charge in [0.1, 0.15) is 55.1 Å². The van der Waals surface area contributed by atoms with Crippen LogP contribution in [0.4, 0.5) is 0 Å². The number of carboxylic acid groups (broad SMARTS) is 3. The van der Waals surface area contributed by atoms with Crippen molar-refractivity contribution in [3.63, 3.8) is 0 Å². The molecule has 1 fully saturated rings. The summed E-state index contributed by atoms with van der Waals surface area (Å²) in [6, 6.07) is 0. The summed E-state index contributed by atoms with van der Waals surface area (Å²) in [6.07, 6.45) is -12.1. The van der Waals surface area contributed by atoms with E-state index in [0.717, 1.165) is 0 Å². The summed E-state index contributed by atoms with van der Waals surface area (Å²) in [6.45, 7) is 5.41. The topological polar surface area (TPSA) is 279 Å². The smallest absolute Gasteiger partial charge is 0.339 e. The van der Waals surface area contributed by atoms with Crippen molar-refractivity contribution in [1.82, 2.24) is 0 Å². The van der Waals surface area contributed by atoms with Crippen LogP contribution in [-0.2, 0) is 55.9 Å². The highest BCUT2D eigenvalue weighted by Crippen LogP contribution is 2.54. The molecule has 1 saturated carbocycles. The number of hydrogen-bond donors (Lipinski definition) is 6. The van der Waals surface area contributed by atoms with Crippen LogP contribution in [0.1, 0.15) is 59.3 Å². The number of carboxylic acids is 3. The fourth-order valence-corrected chi connectivity index (χ4v) is 7.45. The van der Waals surface area contributed by atoms with Crippen LogP contribution in [0.15, 0.2) is 0 Å². The fourth-order valence-electron chi connectivity index (χ4n) is 4.34. The van der Waals surface area contributed by atoms with Gasteiger partial charge in [-0.1, -0.05) is 40.0 Å². The molecule has 21 heteroatoms. The number of rotatable bonds is 24. The summed E-state index contributed by atoms with van der Waals surface area (Å²) in [4.78, 5) is 65.5. The Bertz CT molecular complexity index is 1040. The van der Waals surface area contributed by atoms with Crippen molar-refractivity contribution in [2.24, 2.45) is 0 Å². The van der Waals surface area contributed by atoms with Gasteiger partial charge in [-0.05, 0) is 19.3 Å². The van der Waals surface area contributed by atoms with Gasteiger partial charge < -0.3 is 44.2 Å². The SMILES string of the molecule is CCCCOC1[C@@H](OCCCC)[C@H](OP(=O)(O)CC(=O)O)C(OP(=O)(O)CC(=O)O)[C@@H](OP(=O)(O)CC(=O)O)[C@H]1OCCCC. The van der Waals surface area contributed by atoms with Gasteiger partial charge in [0.15, 0.2) is 0 Å². The summed E-state index contributed by atoms with van der Waals surface area (Å²) in [5.41, 5.74) is 0. The second kappa shape index (κ2) is 19.5. The van der Waals surface area contributed by atoms with Crippen molar-refractivity contribution in [2.75, 3.05) is 38.3 Å². The molecule has 1 rings (SSSR count). The van der Waals surface area contributed by atoms with E-state index in [1.807, 2.05) is 20.8 Å². The van der Waals surface area contributed by atoms with Gasteiger partial charge in [-0.3, -0.25) is 41.6 Å². The van der Waals surface area contributed by atoms with Gasteiger partial charge in [-0.15, -0.1) is 0 Å². The van der Waals surface area contributed by atoms with Crippen molar-refractivity contribution < 1.29 is 85.9 Å². The van der Waals surface area contributed by atoms with E-state index < -0.39 is 95.8 Å². The summed E-state index contributed by atoms with van der Waals surface area (Å²) in [5.74, 6) is -5.32. The Balaban J connectivity index is 4.01. The molecular weight excluding hydrogens is 669 g/mol. The first-order valence-electron chi connectivity index (χ1n) is 14.4. The molecule has 5 unspecified atom stereocenters. The van der Waals surface area contributed by atoms with Crippen LogP contribution in [0.5, 0.6) is 0 Å². The molecule has 1 aliphatic carbocycles. The summed E-state index contributed by atoms with van der Waals surface area (Å²) >= 11 is 0. The molecule has 0 aliphatic heterocycles. The average molecular weight is 715 g/mol. The van der Waals surface area contributed by atoms with E-state index in [-0.39, 0.29) is 19.8 Å². The Labute approximate surface area is 260 Å². The molecule has 0 aromatic rings. The van der Waals surface area contributed by atoms with Gasteiger partial charge in [-0.25, -0.2) is 0 Å². The summed E-state index contributed by atoms with van der Waals surface area (Å²) in [5, 5.41) is 27.6. The van der Waals surface area contributed by atoms with Crippen LogP contribution in [0.3, 0.4) is 0 Å². The van der Waals surface area contributed by atoms with E-state index in [0.29, 0.717) is 38.5 Å². The van der Waals surface area contributed by atoms with Crippen LogP contribution in [0.25, 0.3) is 0 Å². The van der Waals surface area contributed by atoms with Crippen molar-refractivity contribution in [1.29, 1.82) is 0 Å². The first-order valence-corrected chi connectivity index (χ1v) is 19.7. The van der Waals surface area contributed by atoms with Crippen LogP contribution < -0.4 is 0 Å². The summed E-state index contributed by atoms with van der Waals surface area (Å²) in [7, 11) is -15.5. The molecule has 45 heavy (non-hydrogen) atoms.